The van der Waals surface area contributed by atoms with Crippen LogP contribution in [0.25, 0.3) is 6.08 Å². The topological polar surface area (TPSA) is 97.4 Å². The highest BCUT2D eigenvalue weighted by atomic mass is 35.5. The smallest absolute Gasteiger partial charge is 0.261 e. The Balaban J connectivity index is 1.60. The summed E-state index contributed by atoms with van der Waals surface area (Å²) in [5, 5.41) is 3.09. The summed E-state index contributed by atoms with van der Waals surface area (Å²) in [6.07, 6.45) is 4.59. The van der Waals surface area contributed by atoms with Crippen LogP contribution in [0, 0.1) is 0 Å². The molecule has 0 atom stereocenters. The molecule has 0 unspecified atom stereocenters. The Bertz CT molecular complexity index is 1240. The number of hydrogen-bond donors (Lipinski definition) is 2. The van der Waals surface area contributed by atoms with E-state index >= 15 is 0 Å². The maximum atomic E-state index is 12.6. The van der Waals surface area contributed by atoms with E-state index in [4.69, 9.17) is 16.3 Å². The third-order valence-electron chi connectivity index (χ3n) is 4.39. The minimum atomic E-state index is -3.79. The molecule has 0 bridgehead atoms. The summed E-state index contributed by atoms with van der Waals surface area (Å²) >= 11 is 6.02. The van der Waals surface area contributed by atoms with E-state index in [0.717, 1.165) is 5.56 Å². The summed E-state index contributed by atoms with van der Waals surface area (Å²) in [6, 6.07) is 16.3. The molecule has 3 aromatic rings. The number of rotatable bonds is 9. The Morgan fingerprint density at radius 3 is 2.52 bits per heavy atom. The lowest BCUT2D eigenvalue weighted by Crippen LogP contribution is -2.21. The minimum absolute atomic E-state index is 0.0269. The second-order valence-electron chi connectivity index (χ2n) is 7.34. The van der Waals surface area contributed by atoms with Gasteiger partial charge in [0, 0.05) is 24.4 Å². The molecule has 0 saturated heterocycles. The van der Waals surface area contributed by atoms with Crippen molar-refractivity contribution in [1.82, 2.24) is 10.3 Å². The van der Waals surface area contributed by atoms with Gasteiger partial charge in [0.2, 0.25) is 11.8 Å². The number of anilines is 1. The lowest BCUT2D eigenvalue weighted by atomic mass is 10.2. The van der Waals surface area contributed by atoms with E-state index in [1.54, 1.807) is 54.7 Å². The first-order valence-corrected chi connectivity index (χ1v) is 12.0. The molecule has 2 aromatic carbocycles. The molecule has 1 heterocycles. The van der Waals surface area contributed by atoms with Crippen molar-refractivity contribution in [2.24, 2.45) is 0 Å². The molecule has 9 heteroatoms. The molecule has 0 saturated carbocycles. The minimum Gasteiger partial charge on any atom is -0.475 e. The predicted octanol–water partition coefficient (Wildman–Crippen LogP) is 4.65. The van der Waals surface area contributed by atoms with Crippen LogP contribution in [0.2, 0.25) is 5.02 Å². The van der Waals surface area contributed by atoms with Crippen molar-refractivity contribution in [2.75, 3.05) is 4.72 Å². The summed E-state index contributed by atoms with van der Waals surface area (Å²) < 4.78 is 33.3. The molecule has 3 rings (SSSR count). The molecule has 2 N–H and O–H groups in total. The van der Waals surface area contributed by atoms with Crippen LogP contribution in [0.15, 0.2) is 77.8 Å². The van der Waals surface area contributed by atoms with Crippen molar-refractivity contribution >= 4 is 39.3 Å². The van der Waals surface area contributed by atoms with Gasteiger partial charge in [-0.25, -0.2) is 13.4 Å². The van der Waals surface area contributed by atoms with Crippen molar-refractivity contribution < 1.29 is 17.9 Å². The molecule has 7 nitrogen and oxygen atoms in total. The predicted molar refractivity (Wildman–Crippen MR) is 130 cm³/mol. The van der Waals surface area contributed by atoms with Crippen molar-refractivity contribution in [3.05, 3.63) is 89.1 Å². The highest BCUT2D eigenvalue weighted by molar-refractivity contribution is 7.92. The zero-order valence-electron chi connectivity index (χ0n) is 18.2. The summed E-state index contributed by atoms with van der Waals surface area (Å²) in [6.45, 7) is 4.08. The summed E-state index contributed by atoms with van der Waals surface area (Å²) in [4.78, 5) is 16.5. The van der Waals surface area contributed by atoms with Gasteiger partial charge >= 0.3 is 0 Å². The molecule has 1 aromatic heterocycles. The van der Waals surface area contributed by atoms with Crippen LogP contribution in [0.4, 0.5) is 5.69 Å². The van der Waals surface area contributed by atoms with E-state index in [9.17, 15) is 13.2 Å². The van der Waals surface area contributed by atoms with Gasteiger partial charge < -0.3 is 10.1 Å². The first kappa shape index (κ1) is 24.3. The molecule has 0 radical (unpaired) electrons. The number of hydrogen-bond acceptors (Lipinski definition) is 5. The second-order valence-corrected chi connectivity index (χ2v) is 9.43. The highest BCUT2D eigenvalue weighted by Gasteiger charge is 2.15. The Morgan fingerprint density at radius 2 is 1.82 bits per heavy atom. The molecule has 0 fully saturated rings. The molecule has 0 aliphatic carbocycles. The van der Waals surface area contributed by atoms with E-state index in [0.29, 0.717) is 22.2 Å². The van der Waals surface area contributed by atoms with Gasteiger partial charge in [-0.2, -0.15) is 0 Å². The Morgan fingerprint density at radius 1 is 1.09 bits per heavy atom. The van der Waals surface area contributed by atoms with E-state index in [2.05, 4.69) is 15.0 Å². The summed E-state index contributed by atoms with van der Waals surface area (Å²) in [5.41, 5.74) is 1.75. The van der Waals surface area contributed by atoms with E-state index < -0.39 is 10.0 Å². The maximum Gasteiger partial charge on any atom is 0.261 e. The number of amides is 1. The first-order chi connectivity index (χ1) is 15.7. The molecule has 33 heavy (non-hydrogen) atoms. The van der Waals surface area contributed by atoms with Gasteiger partial charge in [0.15, 0.2) is 0 Å². The average Bonchev–Trinajstić information content (AvgIpc) is 2.78. The number of carbonyl (C=O) groups excluding carboxylic acids is 1. The largest absolute Gasteiger partial charge is 0.475 e. The van der Waals surface area contributed by atoms with Crippen LogP contribution < -0.4 is 14.8 Å². The average molecular weight is 486 g/mol. The van der Waals surface area contributed by atoms with Gasteiger partial charge in [0.05, 0.1) is 21.7 Å². The van der Waals surface area contributed by atoms with Gasteiger partial charge in [-0.3, -0.25) is 9.52 Å². The number of ether oxygens (including phenoxy) is 1. The van der Waals surface area contributed by atoms with Gasteiger partial charge in [0.1, 0.15) is 0 Å². The standard InChI is InChI=1S/C24H24ClN3O4S/c1-17(2)32-24-19(6-5-15-26-24)16-27-23(29)14-11-18-9-12-20(13-10-18)33(30,31)28-22-8-4-3-7-21(22)25/h3-15,17,28H,16H2,1-2H3,(H,27,29)/b14-11+. The Kier molecular flexibility index (Phi) is 8.08. The van der Waals surface area contributed by atoms with Gasteiger partial charge in [-0.05, 0) is 55.8 Å². The number of sulfonamides is 1. The van der Waals surface area contributed by atoms with Gasteiger partial charge in [0.25, 0.3) is 10.0 Å². The first-order valence-electron chi connectivity index (χ1n) is 10.2. The molecule has 172 valence electrons. The molecule has 0 aliphatic heterocycles. The van der Waals surface area contributed by atoms with Crippen LogP contribution in [0.3, 0.4) is 0 Å². The number of para-hydroxylation sites is 1. The van der Waals surface area contributed by atoms with E-state index in [-0.39, 0.29) is 23.5 Å². The van der Waals surface area contributed by atoms with Crippen molar-refractivity contribution in [3.8, 4) is 5.88 Å². The third-order valence-corrected chi connectivity index (χ3v) is 6.10. The van der Waals surface area contributed by atoms with Crippen molar-refractivity contribution in [1.29, 1.82) is 0 Å². The Hall–Kier alpha value is -3.36. The molecule has 0 aliphatic rings. The second kappa shape index (κ2) is 11.0. The van der Waals surface area contributed by atoms with Crippen LogP contribution >= 0.6 is 11.6 Å². The zero-order valence-corrected chi connectivity index (χ0v) is 19.7. The van der Waals surface area contributed by atoms with E-state index in [1.165, 1.54) is 18.2 Å². The molecule has 0 spiro atoms. The molecular weight excluding hydrogens is 462 g/mol. The SMILES string of the molecule is CC(C)Oc1ncccc1CNC(=O)/C=C/c1ccc(S(=O)(=O)Nc2ccccc2Cl)cc1. The van der Waals surface area contributed by atoms with Crippen LogP contribution in [-0.4, -0.2) is 25.4 Å². The fourth-order valence-electron chi connectivity index (χ4n) is 2.81. The van der Waals surface area contributed by atoms with Crippen LogP contribution in [0.5, 0.6) is 5.88 Å². The highest BCUT2D eigenvalue weighted by Crippen LogP contribution is 2.24. The fourth-order valence-corrected chi connectivity index (χ4v) is 4.13. The van der Waals surface area contributed by atoms with Gasteiger partial charge in [-0.1, -0.05) is 41.9 Å². The Labute approximate surface area is 198 Å². The molecular formula is C24H24ClN3O4S. The maximum absolute atomic E-state index is 12.6. The van der Waals surface area contributed by atoms with E-state index in [1.807, 2.05) is 19.9 Å². The lowest BCUT2D eigenvalue weighted by molar-refractivity contribution is -0.116. The number of benzene rings is 2. The van der Waals surface area contributed by atoms with Crippen LogP contribution in [-0.2, 0) is 21.4 Å². The number of halogens is 1. The summed E-state index contributed by atoms with van der Waals surface area (Å²) in [5.74, 6) is 0.186. The number of nitrogens with zero attached hydrogens (tertiary/aromatic N) is 1. The fraction of sp³-hybridized carbons (Fsp3) is 0.167. The number of carbonyl (C=O) groups is 1. The number of nitrogens with one attached hydrogen (secondary N) is 2. The van der Waals surface area contributed by atoms with Crippen molar-refractivity contribution in [2.45, 2.75) is 31.4 Å². The quantitative estimate of drug-likeness (QED) is 0.430. The number of aromatic nitrogens is 1. The van der Waals surface area contributed by atoms with Crippen LogP contribution in [0.1, 0.15) is 25.0 Å². The number of pyridine rings is 1. The lowest BCUT2D eigenvalue weighted by Gasteiger charge is -2.12. The van der Waals surface area contributed by atoms with Gasteiger partial charge in [-0.15, -0.1) is 0 Å². The summed E-state index contributed by atoms with van der Waals surface area (Å²) in [7, 11) is -3.79. The third kappa shape index (κ3) is 7.06. The normalized spacial score (nSPS) is 11.5. The van der Waals surface area contributed by atoms with Crippen molar-refractivity contribution in [3.63, 3.8) is 0 Å². The molecule has 1 amide bonds. The zero-order chi connectivity index (χ0) is 23.8. The monoisotopic (exact) mass is 485 g/mol.